The summed E-state index contributed by atoms with van der Waals surface area (Å²) in [6, 6.07) is 5.41. The van der Waals surface area contributed by atoms with Crippen LogP contribution < -0.4 is 0 Å². The summed E-state index contributed by atoms with van der Waals surface area (Å²) in [5.41, 5.74) is 0.753. The highest BCUT2D eigenvalue weighted by Crippen LogP contribution is 2.44. The predicted molar refractivity (Wildman–Crippen MR) is 63.3 cm³/mol. The molecule has 2 atom stereocenters. The highest BCUT2D eigenvalue weighted by atomic mass is 35.5. The number of aliphatic hydroxyl groups excluding tert-OH is 1. The summed E-state index contributed by atoms with van der Waals surface area (Å²) < 4.78 is 0. The molecule has 2 rings (SSSR count). The van der Waals surface area contributed by atoms with Crippen LogP contribution in [0.15, 0.2) is 18.2 Å². The third kappa shape index (κ3) is 2.30. The molecule has 0 spiro atoms. The van der Waals surface area contributed by atoms with Crippen LogP contribution in [0.3, 0.4) is 0 Å². The zero-order valence-corrected chi connectivity index (χ0v) is 10.1. The molecule has 1 aromatic carbocycles. The number of halogens is 2. The van der Waals surface area contributed by atoms with Crippen molar-refractivity contribution in [1.29, 1.82) is 0 Å². The molecule has 0 aromatic heterocycles. The summed E-state index contributed by atoms with van der Waals surface area (Å²) in [7, 11) is 0. The number of hydrogen-bond acceptors (Lipinski definition) is 1. The summed E-state index contributed by atoms with van der Waals surface area (Å²) >= 11 is 12.0. The Hall–Kier alpha value is -0.240. The van der Waals surface area contributed by atoms with Gasteiger partial charge in [-0.2, -0.15) is 0 Å². The molecule has 3 heteroatoms. The van der Waals surface area contributed by atoms with E-state index in [9.17, 15) is 5.11 Å². The average molecular weight is 245 g/mol. The van der Waals surface area contributed by atoms with Crippen molar-refractivity contribution in [1.82, 2.24) is 0 Å². The van der Waals surface area contributed by atoms with Crippen LogP contribution in [0, 0.1) is 11.8 Å². The van der Waals surface area contributed by atoms with Crippen molar-refractivity contribution >= 4 is 23.2 Å². The molecular weight excluding hydrogens is 231 g/mol. The van der Waals surface area contributed by atoms with Gasteiger partial charge in [-0.05, 0) is 30.7 Å². The van der Waals surface area contributed by atoms with Gasteiger partial charge in [0.25, 0.3) is 0 Å². The highest BCUT2D eigenvalue weighted by molar-refractivity contribution is 6.42. The van der Waals surface area contributed by atoms with Gasteiger partial charge >= 0.3 is 0 Å². The first-order valence-corrected chi connectivity index (χ1v) is 5.99. The van der Waals surface area contributed by atoms with Crippen LogP contribution in [0.25, 0.3) is 0 Å². The Bertz CT molecular complexity index is 361. The Morgan fingerprint density at radius 3 is 2.60 bits per heavy atom. The van der Waals surface area contributed by atoms with E-state index < -0.39 is 6.10 Å². The van der Waals surface area contributed by atoms with Gasteiger partial charge in [0.2, 0.25) is 0 Å². The first-order valence-electron chi connectivity index (χ1n) is 5.23. The SMILES string of the molecule is CC(C1CC1)C(O)c1cccc(Cl)c1Cl. The van der Waals surface area contributed by atoms with E-state index in [0.717, 1.165) is 5.56 Å². The van der Waals surface area contributed by atoms with Crippen molar-refractivity contribution in [3.05, 3.63) is 33.8 Å². The summed E-state index contributed by atoms with van der Waals surface area (Å²) in [5.74, 6) is 0.913. The lowest BCUT2D eigenvalue weighted by Gasteiger charge is -2.20. The van der Waals surface area contributed by atoms with Gasteiger partial charge in [0.05, 0.1) is 16.1 Å². The number of aliphatic hydroxyl groups is 1. The molecule has 0 bridgehead atoms. The fraction of sp³-hybridized carbons (Fsp3) is 0.500. The minimum Gasteiger partial charge on any atom is -0.388 e. The molecular formula is C12H14Cl2O. The van der Waals surface area contributed by atoms with Crippen LogP contribution in [-0.4, -0.2) is 5.11 Å². The molecule has 0 aliphatic heterocycles. The van der Waals surface area contributed by atoms with Gasteiger partial charge in [0, 0.05) is 5.56 Å². The molecule has 1 aliphatic carbocycles. The lowest BCUT2D eigenvalue weighted by atomic mass is 9.93. The zero-order valence-electron chi connectivity index (χ0n) is 8.58. The molecule has 82 valence electrons. The van der Waals surface area contributed by atoms with E-state index in [4.69, 9.17) is 23.2 Å². The van der Waals surface area contributed by atoms with E-state index in [0.29, 0.717) is 16.0 Å². The Balaban J connectivity index is 2.24. The molecule has 0 saturated heterocycles. The summed E-state index contributed by atoms with van der Waals surface area (Å²) in [6.45, 7) is 2.07. The smallest absolute Gasteiger partial charge is 0.0833 e. The second-order valence-electron chi connectivity index (χ2n) is 4.28. The normalized spacial score (nSPS) is 20.0. The van der Waals surface area contributed by atoms with Gasteiger partial charge in [-0.25, -0.2) is 0 Å². The van der Waals surface area contributed by atoms with Gasteiger partial charge in [0.1, 0.15) is 0 Å². The molecule has 0 radical (unpaired) electrons. The van der Waals surface area contributed by atoms with Crippen molar-refractivity contribution in [2.45, 2.75) is 25.9 Å². The maximum Gasteiger partial charge on any atom is 0.0833 e. The van der Waals surface area contributed by atoms with E-state index in [-0.39, 0.29) is 5.92 Å². The van der Waals surface area contributed by atoms with Crippen LogP contribution in [0.4, 0.5) is 0 Å². The van der Waals surface area contributed by atoms with Crippen LogP contribution in [0.1, 0.15) is 31.4 Å². The first kappa shape index (κ1) is 11.3. The Morgan fingerprint density at radius 2 is 2.00 bits per heavy atom. The molecule has 1 N–H and O–H groups in total. The van der Waals surface area contributed by atoms with Crippen molar-refractivity contribution in [2.75, 3.05) is 0 Å². The minimum atomic E-state index is -0.497. The molecule has 1 aliphatic rings. The summed E-state index contributed by atoms with van der Waals surface area (Å²) in [6.07, 6.45) is 1.94. The monoisotopic (exact) mass is 244 g/mol. The van der Waals surface area contributed by atoms with Crippen LogP contribution >= 0.6 is 23.2 Å². The standard InChI is InChI=1S/C12H14Cl2O/c1-7(8-5-6-8)12(15)9-3-2-4-10(13)11(9)14/h2-4,7-8,12,15H,5-6H2,1H3. The van der Waals surface area contributed by atoms with Crippen molar-refractivity contribution in [3.63, 3.8) is 0 Å². The van der Waals surface area contributed by atoms with Crippen molar-refractivity contribution in [3.8, 4) is 0 Å². The van der Waals surface area contributed by atoms with Crippen LogP contribution in [0.2, 0.25) is 10.0 Å². The van der Waals surface area contributed by atoms with E-state index in [1.165, 1.54) is 12.8 Å². The van der Waals surface area contributed by atoms with Crippen LogP contribution in [0.5, 0.6) is 0 Å². The maximum atomic E-state index is 10.2. The molecule has 0 amide bonds. The molecule has 1 nitrogen and oxygen atoms in total. The quantitative estimate of drug-likeness (QED) is 0.850. The summed E-state index contributed by atoms with van der Waals surface area (Å²) in [4.78, 5) is 0. The third-order valence-electron chi connectivity index (χ3n) is 3.16. The van der Waals surface area contributed by atoms with Crippen LogP contribution in [-0.2, 0) is 0 Å². The lowest BCUT2D eigenvalue weighted by Crippen LogP contribution is -2.11. The zero-order chi connectivity index (χ0) is 11.0. The fourth-order valence-corrected chi connectivity index (χ4v) is 2.33. The lowest BCUT2D eigenvalue weighted by molar-refractivity contribution is 0.106. The second-order valence-corrected chi connectivity index (χ2v) is 5.07. The number of rotatable bonds is 3. The largest absolute Gasteiger partial charge is 0.388 e. The molecule has 15 heavy (non-hydrogen) atoms. The topological polar surface area (TPSA) is 20.2 Å². The van der Waals surface area contributed by atoms with Crippen molar-refractivity contribution in [2.24, 2.45) is 11.8 Å². The Kier molecular flexibility index (Phi) is 3.24. The van der Waals surface area contributed by atoms with Gasteiger partial charge in [-0.1, -0.05) is 42.3 Å². The molecule has 2 unspecified atom stereocenters. The Morgan fingerprint density at radius 1 is 1.33 bits per heavy atom. The van der Waals surface area contributed by atoms with Crippen molar-refractivity contribution < 1.29 is 5.11 Å². The number of hydrogen-bond donors (Lipinski definition) is 1. The van der Waals surface area contributed by atoms with Gasteiger partial charge in [0.15, 0.2) is 0 Å². The average Bonchev–Trinajstić information content (AvgIpc) is 3.03. The van der Waals surface area contributed by atoms with E-state index in [2.05, 4.69) is 6.92 Å². The predicted octanol–water partition coefficient (Wildman–Crippen LogP) is 4.07. The van der Waals surface area contributed by atoms with E-state index >= 15 is 0 Å². The number of benzene rings is 1. The highest BCUT2D eigenvalue weighted by Gasteiger charge is 2.33. The van der Waals surface area contributed by atoms with E-state index in [1.54, 1.807) is 6.07 Å². The minimum absolute atomic E-state index is 0.265. The Labute approximate surface area is 100 Å². The third-order valence-corrected chi connectivity index (χ3v) is 4.00. The molecule has 1 aromatic rings. The van der Waals surface area contributed by atoms with E-state index in [1.807, 2.05) is 12.1 Å². The second kappa shape index (κ2) is 4.32. The maximum absolute atomic E-state index is 10.2. The fourth-order valence-electron chi connectivity index (χ4n) is 1.91. The molecule has 0 heterocycles. The van der Waals surface area contributed by atoms with Gasteiger partial charge in [-0.15, -0.1) is 0 Å². The van der Waals surface area contributed by atoms with Gasteiger partial charge in [-0.3, -0.25) is 0 Å². The summed E-state index contributed by atoms with van der Waals surface area (Å²) in [5, 5.41) is 11.2. The molecule has 1 saturated carbocycles. The molecule has 1 fully saturated rings. The first-order chi connectivity index (χ1) is 7.11. The van der Waals surface area contributed by atoms with Gasteiger partial charge < -0.3 is 5.11 Å².